The molecule has 9 nitrogen and oxygen atoms in total. The first kappa shape index (κ1) is 47.1. The predicted octanol–water partition coefficient (Wildman–Crippen LogP) is 11.7. The highest BCUT2D eigenvalue weighted by Crippen LogP contribution is 2.45. The summed E-state index contributed by atoms with van der Waals surface area (Å²) >= 11 is 0. The Kier molecular flexibility index (Phi) is 16.2. The number of likely N-dealkylation sites (tertiary alicyclic amines) is 1. The van der Waals surface area contributed by atoms with Crippen LogP contribution in [0.25, 0.3) is 0 Å². The van der Waals surface area contributed by atoms with Crippen LogP contribution in [0, 0.1) is 16.0 Å². The van der Waals surface area contributed by atoms with E-state index in [0.717, 1.165) is 64.1 Å². The van der Waals surface area contributed by atoms with Crippen molar-refractivity contribution in [2.75, 3.05) is 49.5 Å². The minimum absolute atomic E-state index is 0.0211. The van der Waals surface area contributed by atoms with Crippen molar-refractivity contribution < 1.29 is 18.2 Å². The van der Waals surface area contributed by atoms with Crippen molar-refractivity contribution in [1.29, 1.82) is 0 Å². The Hall–Kier alpha value is -1.29. The smallest absolute Gasteiger partial charge is 0.292 e. The van der Waals surface area contributed by atoms with E-state index >= 15 is 0 Å². The predicted molar refractivity (Wildman–Crippen MR) is 238 cm³/mol. The Balaban J connectivity index is 1.76. The lowest BCUT2D eigenvalue weighted by atomic mass is 9.88. The fourth-order valence-electron chi connectivity index (χ4n) is 6.88. The summed E-state index contributed by atoms with van der Waals surface area (Å²) in [5.41, 5.74) is 1.88. The van der Waals surface area contributed by atoms with Crippen LogP contribution in [0.2, 0.25) is 54.4 Å². The van der Waals surface area contributed by atoms with Crippen LogP contribution >= 0.6 is 0 Å². The molecule has 0 aromatic heterocycles. The van der Waals surface area contributed by atoms with Gasteiger partial charge in [0.2, 0.25) is 0 Å². The number of unbranched alkanes of at least 4 members (excludes halogenated alkanes) is 3. The van der Waals surface area contributed by atoms with Crippen molar-refractivity contribution in [1.82, 2.24) is 4.90 Å². The lowest BCUT2D eigenvalue weighted by molar-refractivity contribution is -0.383. The summed E-state index contributed by atoms with van der Waals surface area (Å²) in [6.45, 7) is 43.1. The second-order valence-corrected chi connectivity index (χ2v) is 35.5. The Morgan fingerprint density at radius 3 is 1.85 bits per heavy atom. The highest BCUT2D eigenvalue weighted by atomic mass is 28.4. The van der Waals surface area contributed by atoms with Gasteiger partial charge in [0.05, 0.1) is 29.8 Å². The molecule has 2 aliphatic rings. The first-order valence-electron chi connectivity index (χ1n) is 21.2. The van der Waals surface area contributed by atoms with Gasteiger partial charge in [-0.2, -0.15) is 0 Å². The van der Waals surface area contributed by atoms with Gasteiger partial charge in [0.25, 0.3) is 5.69 Å². The molecule has 312 valence electrons. The molecule has 3 rings (SSSR count). The fraction of sp³-hybridized carbons (Fsp3) is 0.857. The lowest BCUT2D eigenvalue weighted by Gasteiger charge is -2.54. The largest absolute Gasteiger partial charge is 0.415 e. The van der Waals surface area contributed by atoms with E-state index < -0.39 is 25.0 Å². The summed E-state index contributed by atoms with van der Waals surface area (Å²) < 4.78 is 22.0. The van der Waals surface area contributed by atoms with Gasteiger partial charge in [-0.05, 0) is 111 Å². The van der Waals surface area contributed by atoms with E-state index in [-0.39, 0.29) is 44.0 Å². The van der Waals surface area contributed by atoms with Gasteiger partial charge in [-0.15, -0.1) is 0 Å². The minimum Gasteiger partial charge on any atom is -0.415 e. The number of benzene rings is 1. The summed E-state index contributed by atoms with van der Waals surface area (Å²) in [6.07, 6.45) is 7.81. The zero-order valence-corrected chi connectivity index (χ0v) is 40.6. The van der Waals surface area contributed by atoms with Crippen LogP contribution in [0.1, 0.15) is 114 Å². The summed E-state index contributed by atoms with van der Waals surface area (Å²) in [5.74, 6) is 0.332. The summed E-state index contributed by atoms with van der Waals surface area (Å²) in [5, 5.41) is 15.6. The topological polar surface area (TPSA) is 89.3 Å². The van der Waals surface area contributed by atoms with Gasteiger partial charge in [0, 0.05) is 37.9 Å². The summed E-state index contributed by atoms with van der Waals surface area (Å²) in [6, 6.07) is 5.68. The molecule has 2 fully saturated rings. The molecule has 54 heavy (non-hydrogen) atoms. The third-order valence-corrected chi connectivity index (χ3v) is 27.2. The van der Waals surface area contributed by atoms with Crippen molar-refractivity contribution in [3.63, 3.8) is 0 Å². The summed E-state index contributed by atoms with van der Waals surface area (Å²) in [7, 11) is -6.27. The number of piperidine rings is 2. The van der Waals surface area contributed by atoms with Crippen LogP contribution in [0.4, 0.5) is 17.1 Å². The second-order valence-electron chi connectivity index (χ2n) is 21.1. The van der Waals surface area contributed by atoms with Gasteiger partial charge in [-0.25, -0.2) is 0 Å². The molecule has 0 unspecified atom stereocenters. The third kappa shape index (κ3) is 12.4. The van der Waals surface area contributed by atoms with Gasteiger partial charge in [-0.1, -0.05) is 82.1 Å². The van der Waals surface area contributed by atoms with E-state index in [4.69, 9.17) is 13.3 Å². The van der Waals surface area contributed by atoms with Crippen molar-refractivity contribution in [3.8, 4) is 0 Å². The number of rotatable bonds is 17. The van der Waals surface area contributed by atoms with Gasteiger partial charge in [-0.3, -0.25) is 15.0 Å². The number of hydrogen-bond donors (Lipinski definition) is 1. The van der Waals surface area contributed by atoms with Crippen molar-refractivity contribution in [2.45, 2.75) is 187 Å². The second kappa shape index (κ2) is 18.5. The molecule has 2 aliphatic heterocycles. The normalized spacial score (nSPS) is 22.8. The molecule has 1 aromatic rings. The number of hydrogen-bond acceptors (Lipinski definition) is 8. The molecule has 0 bridgehead atoms. The Morgan fingerprint density at radius 2 is 1.31 bits per heavy atom. The Labute approximate surface area is 334 Å². The van der Waals surface area contributed by atoms with Gasteiger partial charge in [0.1, 0.15) is 5.69 Å². The molecule has 0 saturated carbocycles. The number of nitro benzene ring substituents is 1. The number of anilines is 2. The Morgan fingerprint density at radius 1 is 0.778 bits per heavy atom. The standard InChI is InChI=1S/C42H82N4O5Si3/c1-33-31-45(29-21-18-17-20-26-43-35-30-34(24-25-36(35)46(47)48)44-27-22-19-23-28-44)37(32-49-52(11,12)40(2,3)4)39(51-54(15,16)42(8,9)10)38(33)50-53(13,14)41(5,6)7/h24-25,30,33,37-39,43H,17-23,26-29,31-32H2,1-16H3/t33-,37+,38+,39+/m0/s1. The molecule has 0 spiro atoms. The lowest BCUT2D eigenvalue weighted by Crippen LogP contribution is -2.66. The minimum atomic E-state index is -2.16. The van der Waals surface area contributed by atoms with E-state index in [1.807, 2.05) is 12.1 Å². The Bertz CT molecular complexity index is 1350. The molecule has 1 N–H and O–H groups in total. The van der Waals surface area contributed by atoms with Crippen LogP contribution in [0.3, 0.4) is 0 Å². The zero-order valence-electron chi connectivity index (χ0n) is 37.6. The van der Waals surface area contributed by atoms with Crippen molar-refractivity contribution in [3.05, 3.63) is 28.3 Å². The fourth-order valence-corrected chi connectivity index (χ4v) is 10.6. The quantitative estimate of drug-likeness (QED) is 0.0720. The SMILES string of the molecule is C[C@H]1CN(CCCCCCNc2cc(N3CCCCC3)ccc2[N+](=O)[O-])[C@H](CO[Si](C)(C)C(C)(C)C)[C@@H](O[Si](C)(C)C(C)(C)C)[C@@H]1O[Si](C)(C)C(C)(C)C. The van der Waals surface area contributed by atoms with Gasteiger partial charge >= 0.3 is 0 Å². The molecular weight excluding hydrogens is 725 g/mol. The number of nitrogens with zero attached hydrogens (tertiary/aromatic N) is 3. The monoisotopic (exact) mass is 807 g/mol. The first-order valence-corrected chi connectivity index (χ1v) is 29.9. The average molecular weight is 807 g/mol. The van der Waals surface area contributed by atoms with Crippen molar-refractivity contribution >= 4 is 42.0 Å². The molecule has 12 heteroatoms. The zero-order chi connectivity index (χ0) is 40.9. The highest BCUT2D eigenvalue weighted by molar-refractivity contribution is 6.75. The van der Waals surface area contributed by atoms with Crippen LogP contribution in [0.15, 0.2) is 18.2 Å². The van der Waals surface area contributed by atoms with Gasteiger partial charge in [0.15, 0.2) is 25.0 Å². The van der Waals surface area contributed by atoms with Crippen LogP contribution in [-0.4, -0.2) is 92.4 Å². The van der Waals surface area contributed by atoms with E-state index in [2.05, 4.69) is 124 Å². The van der Waals surface area contributed by atoms with Crippen LogP contribution in [0.5, 0.6) is 0 Å². The van der Waals surface area contributed by atoms with E-state index in [0.29, 0.717) is 18.2 Å². The van der Waals surface area contributed by atoms with Crippen LogP contribution in [-0.2, 0) is 13.3 Å². The molecule has 1 aromatic carbocycles. The van der Waals surface area contributed by atoms with Gasteiger partial charge < -0.3 is 23.5 Å². The average Bonchev–Trinajstić information content (AvgIpc) is 3.04. The summed E-state index contributed by atoms with van der Waals surface area (Å²) in [4.78, 5) is 16.6. The number of nitrogens with one attached hydrogen (secondary N) is 1. The highest BCUT2D eigenvalue weighted by Gasteiger charge is 2.52. The van der Waals surface area contributed by atoms with Crippen LogP contribution < -0.4 is 10.2 Å². The maximum absolute atomic E-state index is 11.8. The number of nitro groups is 1. The third-order valence-electron chi connectivity index (χ3n) is 13.7. The van der Waals surface area contributed by atoms with Crippen molar-refractivity contribution in [2.24, 2.45) is 5.92 Å². The molecule has 2 heterocycles. The van der Waals surface area contributed by atoms with E-state index in [9.17, 15) is 10.1 Å². The molecule has 2 saturated heterocycles. The molecule has 0 amide bonds. The molecule has 0 radical (unpaired) electrons. The molecule has 0 aliphatic carbocycles. The molecular formula is C42H82N4O5Si3. The van der Waals surface area contributed by atoms with E-state index in [1.54, 1.807) is 6.07 Å². The first-order chi connectivity index (χ1) is 24.7. The van der Waals surface area contributed by atoms with E-state index in [1.165, 1.54) is 19.3 Å². The maximum Gasteiger partial charge on any atom is 0.292 e. The molecule has 4 atom stereocenters. The maximum atomic E-state index is 11.8.